The zero-order chi connectivity index (χ0) is 5.82. The van der Waals surface area contributed by atoms with Crippen molar-refractivity contribution in [2.24, 2.45) is 0 Å². The molecular weight excluding hydrogens is 123 g/mol. The zero-order valence-corrected chi connectivity index (χ0v) is 6.46. The monoisotopic (exact) mass is 131 g/mol. The third-order valence-electron chi connectivity index (χ3n) is 1.06. The maximum atomic E-state index is 2.19. The van der Waals surface area contributed by atoms with Crippen LogP contribution in [0.1, 0.15) is 0 Å². The molecule has 0 unspecified atom stereocenters. The van der Waals surface area contributed by atoms with Crippen molar-refractivity contribution in [2.45, 2.75) is 6.55 Å². The minimum absolute atomic E-state index is 0. The van der Waals surface area contributed by atoms with Gasteiger partial charge in [0, 0.05) is 8.41 Å². The van der Waals surface area contributed by atoms with E-state index in [-0.39, 0.29) is 8.41 Å². The fraction of sp³-hybridized carbons (Fsp3) is 0.143. The average molecular weight is 131 g/mol. The molecular formula is C7H8BSi. The van der Waals surface area contributed by atoms with Gasteiger partial charge in [0.1, 0.15) is 0 Å². The molecule has 0 aliphatic carbocycles. The van der Waals surface area contributed by atoms with Crippen molar-refractivity contribution in [3.05, 3.63) is 30.3 Å². The lowest BCUT2D eigenvalue weighted by Crippen LogP contribution is -2.07. The van der Waals surface area contributed by atoms with Gasteiger partial charge in [-0.3, -0.25) is 0 Å². The van der Waals surface area contributed by atoms with Crippen molar-refractivity contribution < 1.29 is 0 Å². The second kappa shape index (κ2) is 4.39. The summed E-state index contributed by atoms with van der Waals surface area (Å²) in [5, 5.41) is 1.44. The van der Waals surface area contributed by atoms with Gasteiger partial charge in [0.05, 0.1) is 9.52 Å². The Labute approximate surface area is 60.7 Å². The van der Waals surface area contributed by atoms with Gasteiger partial charge in [-0.05, 0) is 0 Å². The van der Waals surface area contributed by atoms with Gasteiger partial charge in [0.2, 0.25) is 0 Å². The van der Waals surface area contributed by atoms with E-state index in [2.05, 4.69) is 30.8 Å². The molecule has 0 amide bonds. The van der Waals surface area contributed by atoms with Gasteiger partial charge in [0.25, 0.3) is 0 Å². The Morgan fingerprint density at radius 1 is 1.11 bits per heavy atom. The molecule has 0 aromatic heterocycles. The molecule has 9 heavy (non-hydrogen) atoms. The second-order valence-corrected chi connectivity index (χ2v) is 2.69. The molecule has 1 aromatic rings. The largest absolute Gasteiger partial charge is 0.0773 e. The molecule has 0 saturated heterocycles. The van der Waals surface area contributed by atoms with Crippen LogP contribution in [0.2, 0.25) is 6.55 Å². The highest BCUT2D eigenvalue weighted by atomic mass is 28.2. The van der Waals surface area contributed by atoms with Crippen molar-refractivity contribution in [2.75, 3.05) is 0 Å². The summed E-state index contributed by atoms with van der Waals surface area (Å²) in [5.74, 6) is 0. The molecule has 0 N–H and O–H groups in total. The van der Waals surface area contributed by atoms with Crippen LogP contribution in [-0.2, 0) is 0 Å². The lowest BCUT2D eigenvalue weighted by atomic mass is 10.4. The third kappa shape index (κ3) is 2.52. The smallest absolute Gasteiger partial charge is 0.0688 e. The Kier molecular flexibility index (Phi) is 4.14. The molecule has 0 nitrogen and oxygen atoms in total. The van der Waals surface area contributed by atoms with Gasteiger partial charge >= 0.3 is 0 Å². The lowest BCUT2D eigenvalue weighted by Gasteiger charge is -1.88. The highest BCUT2D eigenvalue weighted by Gasteiger charge is 1.81. The van der Waals surface area contributed by atoms with Crippen LogP contribution >= 0.6 is 0 Å². The Bertz CT molecular complexity index is 150. The van der Waals surface area contributed by atoms with Gasteiger partial charge in [-0.15, -0.1) is 0 Å². The van der Waals surface area contributed by atoms with Crippen molar-refractivity contribution >= 4 is 23.1 Å². The van der Waals surface area contributed by atoms with Crippen LogP contribution in [0.3, 0.4) is 0 Å². The summed E-state index contributed by atoms with van der Waals surface area (Å²) < 4.78 is 0. The highest BCUT2D eigenvalue weighted by molar-refractivity contribution is 6.51. The lowest BCUT2D eigenvalue weighted by molar-refractivity contribution is 1.77. The first-order valence-corrected chi connectivity index (χ1v) is 4.16. The van der Waals surface area contributed by atoms with Gasteiger partial charge in [0.15, 0.2) is 0 Å². The van der Waals surface area contributed by atoms with E-state index in [1.54, 1.807) is 0 Å². The molecule has 43 valence electrons. The van der Waals surface area contributed by atoms with Gasteiger partial charge < -0.3 is 0 Å². The predicted molar refractivity (Wildman–Crippen MR) is 43.4 cm³/mol. The molecule has 0 aliphatic rings. The van der Waals surface area contributed by atoms with Crippen LogP contribution < -0.4 is 5.19 Å². The summed E-state index contributed by atoms with van der Waals surface area (Å²) in [5.41, 5.74) is 0. The van der Waals surface area contributed by atoms with Crippen molar-refractivity contribution in [3.8, 4) is 0 Å². The normalized spacial score (nSPS) is 8.11. The van der Waals surface area contributed by atoms with Crippen LogP contribution in [0.15, 0.2) is 30.3 Å². The van der Waals surface area contributed by atoms with Crippen LogP contribution in [0.4, 0.5) is 0 Å². The summed E-state index contributed by atoms with van der Waals surface area (Å²) in [4.78, 5) is 0. The van der Waals surface area contributed by atoms with Gasteiger partial charge in [-0.25, -0.2) is 0 Å². The summed E-state index contributed by atoms with van der Waals surface area (Å²) in [6.07, 6.45) is 0. The minimum Gasteiger partial charge on any atom is -0.0688 e. The Morgan fingerprint density at radius 2 is 1.67 bits per heavy atom. The average Bonchev–Trinajstić information content (AvgIpc) is 1.90. The first kappa shape index (κ1) is 8.50. The number of rotatable bonds is 1. The first-order chi connectivity index (χ1) is 3.93. The molecule has 0 aliphatic heterocycles. The fourth-order valence-corrected chi connectivity index (χ4v) is 1.13. The minimum atomic E-state index is 0. The molecule has 5 radical (unpaired) electrons. The van der Waals surface area contributed by atoms with E-state index >= 15 is 0 Å². The molecule has 0 atom stereocenters. The molecule has 0 saturated carbocycles. The standard InChI is InChI=1S/C7H8Si.B/c1-8-7-5-3-2-4-6-7;/h2-6H,1H3;. The highest BCUT2D eigenvalue weighted by Crippen LogP contribution is 1.79. The Balaban J connectivity index is 0.000000640. The maximum absolute atomic E-state index is 2.19. The van der Waals surface area contributed by atoms with Crippen LogP contribution in [0.5, 0.6) is 0 Å². The van der Waals surface area contributed by atoms with E-state index in [4.69, 9.17) is 0 Å². The summed E-state index contributed by atoms with van der Waals surface area (Å²) >= 11 is 0. The maximum Gasteiger partial charge on any atom is 0.0773 e. The number of hydrogen-bond donors (Lipinski definition) is 0. The summed E-state index contributed by atoms with van der Waals surface area (Å²) in [6.45, 7) is 2.19. The molecule has 1 aromatic carbocycles. The molecule has 1 rings (SSSR count). The predicted octanol–water partition coefficient (Wildman–Crippen LogP) is 0.683. The van der Waals surface area contributed by atoms with Crippen molar-refractivity contribution in [3.63, 3.8) is 0 Å². The molecule has 0 bridgehead atoms. The van der Waals surface area contributed by atoms with E-state index in [1.807, 2.05) is 6.07 Å². The topological polar surface area (TPSA) is 0 Å². The molecule has 0 heterocycles. The molecule has 2 heteroatoms. The molecule has 0 spiro atoms. The Hall–Kier alpha value is -0.498. The molecule has 0 fully saturated rings. The van der Waals surface area contributed by atoms with Crippen LogP contribution in [-0.4, -0.2) is 17.9 Å². The second-order valence-electron chi connectivity index (χ2n) is 1.62. The first-order valence-electron chi connectivity index (χ1n) is 2.66. The van der Waals surface area contributed by atoms with E-state index in [9.17, 15) is 0 Å². The van der Waals surface area contributed by atoms with E-state index in [0.717, 1.165) is 9.52 Å². The van der Waals surface area contributed by atoms with Crippen LogP contribution in [0.25, 0.3) is 0 Å². The Morgan fingerprint density at radius 3 is 2.00 bits per heavy atom. The quantitative estimate of drug-likeness (QED) is 0.491. The van der Waals surface area contributed by atoms with Crippen molar-refractivity contribution in [1.82, 2.24) is 0 Å². The van der Waals surface area contributed by atoms with Gasteiger partial charge in [-0.2, -0.15) is 0 Å². The number of benzene rings is 1. The van der Waals surface area contributed by atoms with E-state index in [1.165, 1.54) is 5.19 Å². The fourth-order valence-electron chi connectivity index (χ4n) is 0.605. The van der Waals surface area contributed by atoms with E-state index < -0.39 is 0 Å². The number of hydrogen-bond acceptors (Lipinski definition) is 0. The van der Waals surface area contributed by atoms with E-state index in [0.29, 0.717) is 0 Å². The summed E-state index contributed by atoms with van der Waals surface area (Å²) in [7, 11) is 0.930. The zero-order valence-electron chi connectivity index (χ0n) is 5.46. The summed E-state index contributed by atoms with van der Waals surface area (Å²) in [6, 6.07) is 10.5. The van der Waals surface area contributed by atoms with Crippen LogP contribution in [0, 0.1) is 0 Å². The third-order valence-corrected chi connectivity index (χ3v) is 1.97. The van der Waals surface area contributed by atoms with Gasteiger partial charge in [-0.1, -0.05) is 42.1 Å². The SMILES string of the molecule is C[Si]c1ccccc1.[B]. The van der Waals surface area contributed by atoms with Crippen molar-refractivity contribution in [1.29, 1.82) is 0 Å².